The minimum Gasteiger partial charge on any atom is -0.497 e. The van der Waals surface area contributed by atoms with Gasteiger partial charge in [-0.15, -0.1) is 0 Å². The molecule has 3 heteroatoms. The monoisotopic (exact) mass is 329 g/mol. The summed E-state index contributed by atoms with van der Waals surface area (Å²) in [6, 6.07) is 12.2. The zero-order valence-electron chi connectivity index (χ0n) is 11.3. The molecule has 0 spiro atoms. The summed E-state index contributed by atoms with van der Waals surface area (Å²) in [5.74, 6) is 0.871. The number of hydrogen-bond donors (Lipinski definition) is 1. The molecule has 0 aliphatic heterocycles. The first-order valence-corrected chi connectivity index (χ1v) is 7.39. The summed E-state index contributed by atoms with van der Waals surface area (Å²) in [6.07, 6.45) is 4.35. The molecule has 0 atom stereocenters. The van der Waals surface area contributed by atoms with Crippen molar-refractivity contribution in [2.24, 2.45) is 0 Å². The van der Waals surface area contributed by atoms with E-state index < -0.39 is 0 Å². The van der Waals surface area contributed by atoms with E-state index in [1.165, 1.54) is 16.7 Å². The van der Waals surface area contributed by atoms with Gasteiger partial charge in [0.15, 0.2) is 0 Å². The highest BCUT2D eigenvalue weighted by molar-refractivity contribution is 9.10. The van der Waals surface area contributed by atoms with Gasteiger partial charge < -0.3 is 10.5 Å². The highest BCUT2D eigenvalue weighted by Gasteiger charge is 2.16. The summed E-state index contributed by atoms with van der Waals surface area (Å²) in [5, 5.41) is 0. The van der Waals surface area contributed by atoms with Crippen molar-refractivity contribution in [3.05, 3.63) is 57.6 Å². The van der Waals surface area contributed by atoms with Crippen LogP contribution in [0.4, 0.5) is 5.69 Å². The number of ether oxygens (including phenoxy) is 1. The number of fused-ring (bicyclic) bond motifs is 1. The molecule has 2 aromatic carbocycles. The summed E-state index contributed by atoms with van der Waals surface area (Å²) in [4.78, 5) is 0. The van der Waals surface area contributed by atoms with Crippen LogP contribution in [0.5, 0.6) is 5.75 Å². The van der Waals surface area contributed by atoms with E-state index in [9.17, 15) is 0 Å². The number of nitrogen functional groups attached to an aromatic ring is 1. The molecule has 0 heterocycles. The lowest BCUT2D eigenvalue weighted by atomic mass is 10.0. The Bertz CT molecular complexity index is 691. The standard InChI is InChI=1S/C17H16BrNO/c1-20-15-5-7-17(18)13(10-15)8-11-2-3-12-9-14(19)4-6-16(11)12/h4-10H,2-3,19H2,1H3. The van der Waals surface area contributed by atoms with Gasteiger partial charge in [0.1, 0.15) is 5.75 Å². The zero-order valence-corrected chi connectivity index (χ0v) is 12.9. The molecule has 1 aliphatic rings. The third-order valence-corrected chi connectivity index (χ3v) is 4.39. The second-order valence-electron chi connectivity index (χ2n) is 4.97. The average Bonchev–Trinajstić information content (AvgIpc) is 2.83. The molecule has 2 aromatic rings. The van der Waals surface area contributed by atoms with Crippen LogP contribution >= 0.6 is 15.9 Å². The largest absolute Gasteiger partial charge is 0.497 e. The number of halogens is 1. The van der Waals surface area contributed by atoms with Crippen molar-refractivity contribution in [3.8, 4) is 5.75 Å². The van der Waals surface area contributed by atoms with Gasteiger partial charge in [-0.05, 0) is 71.5 Å². The smallest absolute Gasteiger partial charge is 0.119 e. The topological polar surface area (TPSA) is 35.2 Å². The average molecular weight is 330 g/mol. The van der Waals surface area contributed by atoms with Crippen LogP contribution in [0.15, 0.2) is 40.9 Å². The van der Waals surface area contributed by atoms with Gasteiger partial charge in [0.05, 0.1) is 7.11 Å². The molecule has 0 saturated heterocycles. The molecular weight excluding hydrogens is 314 g/mol. The Balaban J connectivity index is 2.03. The summed E-state index contributed by atoms with van der Waals surface area (Å²) >= 11 is 3.60. The molecule has 20 heavy (non-hydrogen) atoms. The number of methoxy groups -OCH3 is 1. The third-order valence-electron chi connectivity index (χ3n) is 3.67. The van der Waals surface area contributed by atoms with Crippen molar-refractivity contribution in [1.82, 2.24) is 0 Å². The quantitative estimate of drug-likeness (QED) is 0.821. The minimum absolute atomic E-state index is 0.840. The fourth-order valence-electron chi connectivity index (χ4n) is 2.63. The number of aryl methyl sites for hydroxylation is 1. The molecule has 0 radical (unpaired) electrons. The van der Waals surface area contributed by atoms with Crippen molar-refractivity contribution >= 4 is 33.3 Å². The van der Waals surface area contributed by atoms with E-state index in [1.807, 2.05) is 24.3 Å². The molecule has 0 saturated carbocycles. The van der Waals surface area contributed by atoms with Gasteiger partial charge in [-0.3, -0.25) is 0 Å². The first kappa shape index (κ1) is 13.3. The molecule has 0 amide bonds. The van der Waals surface area contributed by atoms with E-state index in [2.05, 4.69) is 34.1 Å². The lowest BCUT2D eigenvalue weighted by Crippen LogP contribution is -1.88. The third kappa shape index (κ3) is 2.46. The Morgan fingerprint density at radius 1 is 1.15 bits per heavy atom. The van der Waals surface area contributed by atoms with Crippen LogP contribution in [-0.2, 0) is 6.42 Å². The molecule has 102 valence electrons. The first-order valence-electron chi connectivity index (χ1n) is 6.60. The van der Waals surface area contributed by atoms with Crippen LogP contribution in [0.1, 0.15) is 23.1 Å². The SMILES string of the molecule is COc1ccc(Br)c(C=C2CCc3cc(N)ccc32)c1. The number of nitrogens with two attached hydrogens (primary N) is 1. The lowest BCUT2D eigenvalue weighted by molar-refractivity contribution is 0.414. The van der Waals surface area contributed by atoms with Crippen molar-refractivity contribution < 1.29 is 4.74 Å². The van der Waals surface area contributed by atoms with E-state index in [0.29, 0.717) is 0 Å². The maximum absolute atomic E-state index is 5.85. The summed E-state index contributed by atoms with van der Waals surface area (Å²) in [5.41, 5.74) is 11.8. The van der Waals surface area contributed by atoms with Crippen LogP contribution in [0.2, 0.25) is 0 Å². The van der Waals surface area contributed by atoms with Gasteiger partial charge in [0.25, 0.3) is 0 Å². The van der Waals surface area contributed by atoms with Gasteiger partial charge >= 0.3 is 0 Å². The Labute approximate surface area is 127 Å². The second kappa shape index (κ2) is 5.33. The molecular formula is C17H16BrNO. The zero-order chi connectivity index (χ0) is 14.1. The van der Waals surface area contributed by atoms with Crippen molar-refractivity contribution in [2.75, 3.05) is 12.8 Å². The van der Waals surface area contributed by atoms with Crippen molar-refractivity contribution in [3.63, 3.8) is 0 Å². The predicted octanol–water partition coefficient (Wildman–Crippen LogP) is 4.53. The van der Waals surface area contributed by atoms with Crippen molar-refractivity contribution in [1.29, 1.82) is 0 Å². The number of rotatable bonds is 2. The minimum atomic E-state index is 0.840. The van der Waals surface area contributed by atoms with Gasteiger partial charge in [0, 0.05) is 10.2 Å². The van der Waals surface area contributed by atoms with E-state index in [0.717, 1.165) is 34.3 Å². The van der Waals surface area contributed by atoms with Gasteiger partial charge in [-0.25, -0.2) is 0 Å². The Morgan fingerprint density at radius 2 is 2.00 bits per heavy atom. The van der Waals surface area contributed by atoms with Crippen LogP contribution in [-0.4, -0.2) is 7.11 Å². The molecule has 0 unspecified atom stereocenters. The molecule has 0 bridgehead atoms. The maximum atomic E-state index is 5.85. The van der Waals surface area contributed by atoms with Gasteiger partial charge in [-0.1, -0.05) is 22.0 Å². The fourth-order valence-corrected chi connectivity index (χ4v) is 3.00. The van der Waals surface area contributed by atoms with Crippen LogP contribution in [0.3, 0.4) is 0 Å². The van der Waals surface area contributed by atoms with E-state index in [-0.39, 0.29) is 0 Å². The second-order valence-corrected chi connectivity index (χ2v) is 5.83. The molecule has 0 fully saturated rings. The molecule has 3 rings (SSSR count). The normalized spacial score (nSPS) is 15.4. The van der Waals surface area contributed by atoms with Gasteiger partial charge in [-0.2, -0.15) is 0 Å². The Hall–Kier alpha value is -1.74. The summed E-state index contributed by atoms with van der Waals surface area (Å²) < 4.78 is 6.37. The number of hydrogen-bond acceptors (Lipinski definition) is 2. The van der Waals surface area contributed by atoms with E-state index in [4.69, 9.17) is 10.5 Å². The lowest BCUT2D eigenvalue weighted by Gasteiger charge is -2.06. The van der Waals surface area contributed by atoms with Crippen molar-refractivity contribution in [2.45, 2.75) is 12.8 Å². The highest BCUT2D eigenvalue weighted by atomic mass is 79.9. The van der Waals surface area contributed by atoms with Crippen LogP contribution < -0.4 is 10.5 Å². The molecule has 2 nitrogen and oxygen atoms in total. The van der Waals surface area contributed by atoms with E-state index in [1.54, 1.807) is 7.11 Å². The van der Waals surface area contributed by atoms with Crippen LogP contribution in [0, 0.1) is 0 Å². The highest BCUT2D eigenvalue weighted by Crippen LogP contribution is 2.36. The Morgan fingerprint density at radius 3 is 2.80 bits per heavy atom. The predicted molar refractivity (Wildman–Crippen MR) is 87.7 cm³/mol. The van der Waals surface area contributed by atoms with Gasteiger partial charge in [0.2, 0.25) is 0 Å². The summed E-state index contributed by atoms with van der Waals surface area (Å²) in [6.45, 7) is 0. The Kier molecular flexibility index (Phi) is 3.53. The maximum Gasteiger partial charge on any atom is 0.119 e. The number of allylic oxidation sites excluding steroid dienone is 1. The van der Waals surface area contributed by atoms with Crippen LogP contribution in [0.25, 0.3) is 11.6 Å². The molecule has 2 N–H and O–H groups in total. The number of anilines is 1. The molecule has 1 aliphatic carbocycles. The first-order chi connectivity index (χ1) is 9.67. The van der Waals surface area contributed by atoms with E-state index >= 15 is 0 Å². The number of benzene rings is 2. The fraction of sp³-hybridized carbons (Fsp3) is 0.176. The summed E-state index contributed by atoms with van der Waals surface area (Å²) in [7, 11) is 1.69. The molecule has 0 aromatic heterocycles.